The third-order valence-corrected chi connectivity index (χ3v) is 18.3. The second kappa shape index (κ2) is 73.2. The van der Waals surface area contributed by atoms with Gasteiger partial charge < -0.3 is 27.9 Å². The standard InChI is InChI=1S/C83H150NO8P/c1-6-8-10-12-14-16-18-20-22-24-26-28-30-32-34-36-38-39-40-41-42-43-44-46-47-49-51-53-55-57-59-61-63-65-67-69-71-73-75-82(85)89-79-81(80-91-93(87,88)90-78-77-84(3,4)5)92-83(86)76-74-72-70-68-66-64-62-60-58-56-54-52-50-48-45-37-35-33-31-29-27-25-23-21-19-17-15-13-11-9-7-2/h9,11,15,17,21,23,27,29,33,35,45,48,52,54,58,60,81H,6-8,10,12-14,16,18-20,22,24-26,28,30-32,34,36-44,46-47,49-51,53,55-57,59,61-80H2,1-5H3/b11-9-,17-15-,23-21-,29-27-,35-33-,48-45-,54-52-,60-58-. The summed E-state index contributed by atoms with van der Waals surface area (Å²) in [5, 5.41) is 0. The van der Waals surface area contributed by atoms with E-state index in [1.807, 2.05) is 21.1 Å². The number of carbonyl (C=O) groups is 2. The van der Waals surface area contributed by atoms with Crippen molar-refractivity contribution >= 4 is 19.8 Å². The van der Waals surface area contributed by atoms with Gasteiger partial charge in [0, 0.05) is 12.8 Å². The summed E-state index contributed by atoms with van der Waals surface area (Å²) in [7, 11) is 1.16. The first-order valence-corrected chi connectivity index (χ1v) is 40.9. The second-order valence-electron chi connectivity index (χ2n) is 27.7. The molecule has 0 spiro atoms. The van der Waals surface area contributed by atoms with Crippen LogP contribution in [-0.2, 0) is 32.7 Å². The van der Waals surface area contributed by atoms with Gasteiger partial charge in [0.1, 0.15) is 19.8 Å². The van der Waals surface area contributed by atoms with Crippen molar-refractivity contribution in [1.82, 2.24) is 0 Å². The van der Waals surface area contributed by atoms with Gasteiger partial charge in [0.15, 0.2) is 6.10 Å². The summed E-state index contributed by atoms with van der Waals surface area (Å²) in [4.78, 5) is 38.1. The molecule has 0 aliphatic carbocycles. The van der Waals surface area contributed by atoms with Gasteiger partial charge in [-0.15, -0.1) is 0 Å². The Morgan fingerprint density at radius 3 is 0.914 bits per heavy atom. The molecule has 0 aliphatic heterocycles. The number of ether oxygens (including phenoxy) is 2. The number of carbonyl (C=O) groups excluding carboxylic acids is 2. The summed E-state index contributed by atoms with van der Waals surface area (Å²) in [6.45, 7) is 4.15. The van der Waals surface area contributed by atoms with Crippen molar-refractivity contribution in [2.45, 2.75) is 373 Å². The topological polar surface area (TPSA) is 111 Å². The normalized spacial score (nSPS) is 13.6. The lowest BCUT2D eigenvalue weighted by atomic mass is 10.0. The van der Waals surface area contributed by atoms with Crippen LogP contribution < -0.4 is 4.89 Å². The highest BCUT2D eigenvalue weighted by Gasteiger charge is 2.22. The molecule has 0 heterocycles. The van der Waals surface area contributed by atoms with Gasteiger partial charge in [0.25, 0.3) is 7.82 Å². The number of unbranched alkanes of at least 4 members (excludes halogenated alkanes) is 43. The summed E-state index contributed by atoms with van der Waals surface area (Å²) in [5.41, 5.74) is 0. The molecule has 10 heteroatoms. The summed E-state index contributed by atoms with van der Waals surface area (Å²) >= 11 is 0. The largest absolute Gasteiger partial charge is 0.756 e. The average molecular weight is 1320 g/mol. The van der Waals surface area contributed by atoms with E-state index in [0.29, 0.717) is 17.4 Å². The number of likely N-dealkylation sites (N-methyl/N-ethyl adjacent to an activating group) is 1. The number of allylic oxidation sites excluding steroid dienone is 16. The van der Waals surface area contributed by atoms with E-state index in [-0.39, 0.29) is 32.0 Å². The zero-order valence-electron chi connectivity index (χ0n) is 61.7. The number of esters is 2. The van der Waals surface area contributed by atoms with E-state index in [1.54, 1.807) is 0 Å². The molecule has 0 rings (SSSR count). The molecule has 0 aliphatic rings. The fourth-order valence-electron chi connectivity index (χ4n) is 11.4. The summed E-state index contributed by atoms with van der Waals surface area (Å²) in [5.74, 6) is -0.841. The van der Waals surface area contributed by atoms with Crippen LogP contribution in [0.1, 0.15) is 367 Å². The molecule has 0 saturated heterocycles. The minimum Gasteiger partial charge on any atom is -0.756 e. The van der Waals surface area contributed by atoms with Gasteiger partial charge in [-0.05, 0) is 77.0 Å². The van der Waals surface area contributed by atoms with E-state index in [2.05, 4.69) is 111 Å². The third-order valence-electron chi connectivity index (χ3n) is 17.4. The van der Waals surface area contributed by atoms with Crippen LogP contribution >= 0.6 is 7.82 Å². The predicted octanol–water partition coefficient (Wildman–Crippen LogP) is 25.6. The Balaban J connectivity index is 3.98. The number of rotatable bonds is 73. The zero-order chi connectivity index (χ0) is 67.6. The monoisotopic (exact) mass is 1320 g/mol. The Labute approximate surface area is 576 Å². The number of phosphoric acid groups is 1. The molecule has 0 amide bonds. The van der Waals surface area contributed by atoms with Crippen molar-refractivity contribution in [3.63, 3.8) is 0 Å². The van der Waals surface area contributed by atoms with Gasteiger partial charge in [-0.3, -0.25) is 14.2 Å². The van der Waals surface area contributed by atoms with Gasteiger partial charge in [-0.1, -0.05) is 374 Å². The molecule has 9 nitrogen and oxygen atoms in total. The van der Waals surface area contributed by atoms with Crippen molar-refractivity contribution in [2.75, 3.05) is 47.5 Å². The van der Waals surface area contributed by atoms with E-state index in [1.165, 1.54) is 225 Å². The molecule has 93 heavy (non-hydrogen) atoms. The molecule has 0 aromatic heterocycles. The van der Waals surface area contributed by atoms with Crippen molar-refractivity contribution in [1.29, 1.82) is 0 Å². The van der Waals surface area contributed by atoms with Gasteiger partial charge in [-0.25, -0.2) is 0 Å². The quantitative estimate of drug-likeness (QED) is 0.0195. The molecular weight excluding hydrogens is 1170 g/mol. The number of hydrogen-bond donors (Lipinski definition) is 0. The molecule has 540 valence electrons. The van der Waals surface area contributed by atoms with Gasteiger partial charge >= 0.3 is 11.9 Å². The lowest BCUT2D eigenvalue weighted by Gasteiger charge is -2.28. The van der Waals surface area contributed by atoms with Crippen LogP contribution in [0.2, 0.25) is 0 Å². The number of nitrogens with zero attached hydrogens (tertiary/aromatic N) is 1. The molecule has 0 bridgehead atoms. The Morgan fingerprint density at radius 2 is 0.613 bits per heavy atom. The molecular formula is C83H150NO8P. The van der Waals surface area contributed by atoms with Crippen molar-refractivity contribution in [3.05, 3.63) is 97.2 Å². The number of quaternary nitrogens is 1. The fourth-order valence-corrected chi connectivity index (χ4v) is 12.1. The second-order valence-corrected chi connectivity index (χ2v) is 29.1. The molecule has 2 unspecified atom stereocenters. The Hall–Kier alpha value is -3.07. The molecule has 0 aromatic carbocycles. The Morgan fingerprint density at radius 1 is 0.344 bits per heavy atom. The summed E-state index contributed by atoms with van der Waals surface area (Å²) in [6, 6.07) is 0. The maximum atomic E-state index is 12.9. The molecule has 0 N–H and O–H groups in total. The highest BCUT2D eigenvalue weighted by molar-refractivity contribution is 7.45. The van der Waals surface area contributed by atoms with Crippen molar-refractivity contribution in [2.24, 2.45) is 0 Å². The predicted molar refractivity (Wildman–Crippen MR) is 402 cm³/mol. The maximum absolute atomic E-state index is 12.9. The molecule has 2 atom stereocenters. The van der Waals surface area contributed by atoms with E-state index < -0.39 is 26.5 Å². The highest BCUT2D eigenvalue weighted by Crippen LogP contribution is 2.38. The first kappa shape index (κ1) is 89.9. The number of phosphoric ester groups is 1. The fraction of sp³-hybridized carbons (Fsp3) is 0.783. The van der Waals surface area contributed by atoms with E-state index in [9.17, 15) is 19.0 Å². The van der Waals surface area contributed by atoms with Crippen LogP contribution in [-0.4, -0.2) is 70.0 Å². The SMILES string of the molecule is CC/C=C\C/C=C\C/C=C\C/C=C\C/C=C\C/C=C\C/C=C\C/C=C\CCCCCCCCC(=O)OC(COC(=O)CCCCCCCCCCCCCCCCCCCCCCCCCCCCCCCCCCCCCCCC)COP(=O)([O-])OCC[N+](C)(C)C. The minimum absolute atomic E-state index is 0.0371. The Bertz CT molecular complexity index is 1890. The van der Waals surface area contributed by atoms with Crippen LogP contribution in [0, 0.1) is 0 Å². The first-order valence-electron chi connectivity index (χ1n) is 39.4. The van der Waals surface area contributed by atoms with Crippen LogP contribution in [0.25, 0.3) is 0 Å². The lowest BCUT2D eigenvalue weighted by molar-refractivity contribution is -0.870. The minimum atomic E-state index is -4.65. The molecule has 0 aromatic rings. The average Bonchev–Trinajstić information content (AvgIpc) is 2.02. The number of hydrogen-bond acceptors (Lipinski definition) is 8. The van der Waals surface area contributed by atoms with E-state index in [4.69, 9.17) is 18.5 Å². The highest BCUT2D eigenvalue weighted by atomic mass is 31.2. The van der Waals surface area contributed by atoms with Crippen LogP contribution in [0.15, 0.2) is 97.2 Å². The molecule has 0 fully saturated rings. The van der Waals surface area contributed by atoms with Crippen molar-refractivity contribution < 1.29 is 42.1 Å². The van der Waals surface area contributed by atoms with Gasteiger partial charge in [0.2, 0.25) is 0 Å². The van der Waals surface area contributed by atoms with Crippen LogP contribution in [0.3, 0.4) is 0 Å². The van der Waals surface area contributed by atoms with Crippen LogP contribution in [0.5, 0.6) is 0 Å². The first-order chi connectivity index (χ1) is 45.5. The zero-order valence-corrected chi connectivity index (χ0v) is 62.6. The third kappa shape index (κ3) is 77.8. The maximum Gasteiger partial charge on any atom is 0.306 e. The lowest BCUT2D eigenvalue weighted by Crippen LogP contribution is -2.37. The smallest absolute Gasteiger partial charge is 0.306 e. The van der Waals surface area contributed by atoms with Crippen LogP contribution in [0.4, 0.5) is 0 Å². The van der Waals surface area contributed by atoms with E-state index >= 15 is 0 Å². The van der Waals surface area contributed by atoms with E-state index in [0.717, 1.165) is 109 Å². The van der Waals surface area contributed by atoms with Gasteiger partial charge in [0.05, 0.1) is 27.7 Å². The molecule has 0 radical (unpaired) electrons. The summed E-state index contributed by atoms with van der Waals surface area (Å²) in [6.07, 6.45) is 102. The molecule has 0 saturated carbocycles. The Kier molecular flexibility index (Phi) is 70.8. The summed E-state index contributed by atoms with van der Waals surface area (Å²) < 4.78 is 34.4. The van der Waals surface area contributed by atoms with Crippen molar-refractivity contribution in [3.8, 4) is 0 Å². The van der Waals surface area contributed by atoms with Gasteiger partial charge in [-0.2, -0.15) is 0 Å².